The van der Waals surface area contributed by atoms with Gasteiger partial charge in [0.15, 0.2) is 0 Å². The fourth-order valence-electron chi connectivity index (χ4n) is 0.813. The van der Waals surface area contributed by atoms with E-state index in [9.17, 15) is 4.79 Å². The molecule has 0 aliphatic carbocycles. The van der Waals surface area contributed by atoms with Gasteiger partial charge in [0.1, 0.15) is 6.61 Å². The van der Waals surface area contributed by atoms with Crippen LogP contribution in [0.4, 0.5) is 4.79 Å². The molecule has 0 spiro atoms. The van der Waals surface area contributed by atoms with Crippen LogP contribution in [-0.2, 0) is 11.3 Å². The molecule has 0 saturated heterocycles. The van der Waals surface area contributed by atoms with Crippen molar-refractivity contribution >= 4 is 6.09 Å². The molecule has 0 aliphatic rings. The smallest absolute Gasteiger partial charge is 0.433 e. The lowest BCUT2D eigenvalue weighted by atomic mass is 10.2. The molecule has 1 aromatic rings. The van der Waals surface area contributed by atoms with Crippen LogP contribution in [-0.4, -0.2) is 23.4 Å². The van der Waals surface area contributed by atoms with Crippen LogP contribution in [0.3, 0.4) is 0 Å². The van der Waals surface area contributed by atoms with E-state index in [-0.39, 0.29) is 6.61 Å². The average Bonchev–Trinajstić information content (AvgIpc) is 2.15. The molecule has 4 nitrogen and oxygen atoms in total. The molecule has 0 radical (unpaired) electrons. The Morgan fingerprint density at radius 2 is 2.08 bits per heavy atom. The van der Waals surface area contributed by atoms with Crippen molar-refractivity contribution < 1.29 is 14.7 Å². The van der Waals surface area contributed by atoms with E-state index in [1.165, 1.54) is 7.05 Å². The maximum Gasteiger partial charge on any atom is 0.433 e. The van der Waals surface area contributed by atoms with Gasteiger partial charge in [-0.2, -0.15) is 5.06 Å². The summed E-state index contributed by atoms with van der Waals surface area (Å²) < 4.78 is 4.73. The molecule has 0 aliphatic heterocycles. The quantitative estimate of drug-likeness (QED) is 0.557. The van der Waals surface area contributed by atoms with Gasteiger partial charge in [0, 0.05) is 7.05 Å². The van der Waals surface area contributed by atoms with Gasteiger partial charge < -0.3 is 4.74 Å². The van der Waals surface area contributed by atoms with E-state index in [4.69, 9.17) is 9.94 Å². The summed E-state index contributed by atoms with van der Waals surface area (Å²) in [6, 6.07) is 9.26. The number of amides is 1. The van der Waals surface area contributed by atoms with E-state index < -0.39 is 6.09 Å². The highest BCUT2D eigenvalue weighted by atomic mass is 16.6. The van der Waals surface area contributed by atoms with Crippen LogP contribution >= 0.6 is 0 Å². The fourth-order valence-corrected chi connectivity index (χ4v) is 0.813. The van der Waals surface area contributed by atoms with Crippen LogP contribution in [0.15, 0.2) is 30.3 Å². The summed E-state index contributed by atoms with van der Waals surface area (Å²) in [5.41, 5.74) is 0.887. The van der Waals surface area contributed by atoms with Crippen LogP contribution in [0.2, 0.25) is 0 Å². The number of carbonyl (C=O) groups excluding carboxylic acids is 1. The zero-order valence-corrected chi connectivity index (χ0v) is 7.30. The minimum Gasteiger partial charge on any atom is -0.443 e. The van der Waals surface area contributed by atoms with Crippen molar-refractivity contribution in [3.63, 3.8) is 0 Å². The number of hydroxylamine groups is 2. The zero-order valence-electron chi connectivity index (χ0n) is 7.30. The molecular formula is C9H11NO3. The third-order valence-corrected chi connectivity index (χ3v) is 1.47. The highest BCUT2D eigenvalue weighted by molar-refractivity contribution is 5.65. The summed E-state index contributed by atoms with van der Waals surface area (Å²) in [4.78, 5) is 10.8. The van der Waals surface area contributed by atoms with Crippen molar-refractivity contribution in [3.05, 3.63) is 35.9 Å². The fraction of sp³-hybridized carbons (Fsp3) is 0.222. The molecule has 0 bridgehead atoms. The first kappa shape index (κ1) is 9.54. The van der Waals surface area contributed by atoms with Crippen LogP contribution in [0, 0.1) is 0 Å². The molecule has 4 heteroatoms. The number of carbonyl (C=O) groups is 1. The summed E-state index contributed by atoms with van der Waals surface area (Å²) in [7, 11) is 1.22. The second kappa shape index (κ2) is 4.47. The average molecular weight is 181 g/mol. The Labute approximate surface area is 76.3 Å². The number of rotatable bonds is 2. The predicted molar refractivity (Wildman–Crippen MR) is 46.2 cm³/mol. The van der Waals surface area contributed by atoms with Gasteiger partial charge in [0.2, 0.25) is 0 Å². The summed E-state index contributed by atoms with van der Waals surface area (Å²) in [6.45, 7) is 0.171. The molecular weight excluding hydrogens is 170 g/mol. The topological polar surface area (TPSA) is 49.8 Å². The number of nitrogens with zero attached hydrogens (tertiary/aromatic N) is 1. The third-order valence-electron chi connectivity index (χ3n) is 1.47. The van der Waals surface area contributed by atoms with Crippen LogP contribution < -0.4 is 0 Å². The van der Waals surface area contributed by atoms with Gasteiger partial charge in [-0.15, -0.1) is 0 Å². The molecule has 1 rings (SSSR count). The van der Waals surface area contributed by atoms with E-state index in [2.05, 4.69) is 0 Å². The summed E-state index contributed by atoms with van der Waals surface area (Å²) in [5.74, 6) is 0. The Hall–Kier alpha value is -1.55. The van der Waals surface area contributed by atoms with Crippen LogP contribution in [0.5, 0.6) is 0 Å². The van der Waals surface area contributed by atoms with Gasteiger partial charge in [-0.25, -0.2) is 4.79 Å². The normalized spacial score (nSPS) is 9.38. The SMILES string of the molecule is CN(O)C(=O)OCc1ccccc1. The highest BCUT2D eigenvalue weighted by Gasteiger charge is 2.05. The van der Waals surface area contributed by atoms with Gasteiger partial charge >= 0.3 is 6.09 Å². The van der Waals surface area contributed by atoms with Gasteiger partial charge in [-0.1, -0.05) is 30.3 Å². The zero-order chi connectivity index (χ0) is 9.68. The van der Waals surface area contributed by atoms with E-state index in [0.717, 1.165) is 5.56 Å². The second-order valence-corrected chi connectivity index (χ2v) is 2.56. The summed E-state index contributed by atoms with van der Waals surface area (Å²) in [5, 5.41) is 9.06. The van der Waals surface area contributed by atoms with Gasteiger partial charge in [-0.3, -0.25) is 5.21 Å². The molecule has 70 valence electrons. The lowest BCUT2D eigenvalue weighted by Gasteiger charge is -2.08. The minimum atomic E-state index is -0.760. The van der Waals surface area contributed by atoms with Crippen LogP contribution in [0.1, 0.15) is 5.56 Å². The molecule has 1 N–H and O–H groups in total. The lowest BCUT2D eigenvalue weighted by Crippen LogP contribution is -2.23. The third kappa shape index (κ3) is 3.13. The Kier molecular flexibility index (Phi) is 3.28. The molecule has 0 aromatic heterocycles. The van der Waals surface area contributed by atoms with Crippen molar-refractivity contribution in [2.45, 2.75) is 6.61 Å². The summed E-state index contributed by atoms with van der Waals surface area (Å²) in [6.07, 6.45) is -0.760. The standard InChI is InChI=1S/C9H11NO3/c1-10(12)9(11)13-7-8-5-3-2-4-6-8/h2-6,12H,7H2,1H3. The van der Waals surface area contributed by atoms with Gasteiger partial charge in [0.25, 0.3) is 0 Å². The first-order valence-corrected chi connectivity index (χ1v) is 3.83. The van der Waals surface area contributed by atoms with Gasteiger partial charge in [-0.05, 0) is 5.56 Å². The molecule has 0 fully saturated rings. The first-order chi connectivity index (χ1) is 6.20. The van der Waals surface area contributed by atoms with Crippen LogP contribution in [0.25, 0.3) is 0 Å². The summed E-state index contributed by atoms with van der Waals surface area (Å²) >= 11 is 0. The van der Waals surface area contributed by atoms with E-state index >= 15 is 0 Å². The van der Waals surface area contributed by atoms with Crippen molar-refractivity contribution in [1.82, 2.24) is 5.06 Å². The molecule has 13 heavy (non-hydrogen) atoms. The van der Waals surface area contributed by atoms with E-state index in [0.29, 0.717) is 5.06 Å². The van der Waals surface area contributed by atoms with Crippen molar-refractivity contribution in [3.8, 4) is 0 Å². The van der Waals surface area contributed by atoms with Gasteiger partial charge in [0.05, 0.1) is 0 Å². The highest BCUT2D eigenvalue weighted by Crippen LogP contribution is 2.01. The molecule has 0 saturated carbocycles. The Morgan fingerprint density at radius 3 is 2.62 bits per heavy atom. The number of hydrogen-bond acceptors (Lipinski definition) is 3. The molecule has 0 unspecified atom stereocenters. The monoisotopic (exact) mass is 181 g/mol. The maximum atomic E-state index is 10.8. The first-order valence-electron chi connectivity index (χ1n) is 3.83. The Bertz CT molecular complexity index is 271. The number of benzene rings is 1. The molecule has 0 atom stereocenters. The predicted octanol–water partition coefficient (Wildman–Crippen LogP) is 1.64. The van der Waals surface area contributed by atoms with Crippen molar-refractivity contribution in [2.24, 2.45) is 0 Å². The Morgan fingerprint density at radius 1 is 1.46 bits per heavy atom. The molecule has 1 aromatic carbocycles. The second-order valence-electron chi connectivity index (χ2n) is 2.56. The van der Waals surface area contributed by atoms with E-state index in [1.54, 1.807) is 0 Å². The number of hydrogen-bond donors (Lipinski definition) is 1. The molecule has 1 amide bonds. The Balaban J connectivity index is 2.40. The minimum absolute atomic E-state index is 0.171. The maximum absolute atomic E-state index is 10.8. The molecule has 0 heterocycles. The lowest BCUT2D eigenvalue weighted by molar-refractivity contribution is -0.0551. The number of ether oxygens (including phenoxy) is 1. The van der Waals surface area contributed by atoms with E-state index in [1.807, 2.05) is 30.3 Å². The van der Waals surface area contributed by atoms with Crippen molar-refractivity contribution in [1.29, 1.82) is 0 Å². The van der Waals surface area contributed by atoms with Crippen molar-refractivity contribution in [2.75, 3.05) is 7.05 Å². The largest absolute Gasteiger partial charge is 0.443 e.